The fourth-order valence-electron chi connectivity index (χ4n) is 6.79. The van der Waals surface area contributed by atoms with E-state index in [4.69, 9.17) is 0 Å². The largest absolute Gasteiger partial charge is 0.508 e. The number of carbonyl (C=O) groups is 1. The molecule has 4 bridgehead atoms. The van der Waals surface area contributed by atoms with E-state index in [2.05, 4.69) is 5.32 Å². The number of benzene rings is 2. The predicted molar refractivity (Wildman–Crippen MR) is 115 cm³/mol. The molecule has 0 saturated heterocycles. The van der Waals surface area contributed by atoms with Crippen LogP contribution < -0.4 is 5.32 Å². The number of rotatable bonds is 5. The van der Waals surface area contributed by atoms with Gasteiger partial charge in [0, 0.05) is 24.2 Å². The molecule has 4 aliphatic rings. The fraction of sp³-hybridized carbons (Fsp3) is 0.480. The number of phenols is 4. The van der Waals surface area contributed by atoms with E-state index in [0.29, 0.717) is 29.7 Å². The van der Waals surface area contributed by atoms with Crippen LogP contribution in [0.1, 0.15) is 60.0 Å². The summed E-state index contributed by atoms with van der Waals surface area (Å²) >= 11 is 0. The zero-order valence-corrected chi connectivity index (χ0v) is 17.5. The molecule has 31 heavy (non-hydrogen) atoms. The molecule has 2 aromatic rings. The first-order chi connectivity index (χ1) is 14.8. The normalized spacial score (nSPS) is 28.6. The third-order valence-electron chi connectivity index (χ3n) is 7.72. The quantitative estimate of drug-likeness (QED) is 0.500. The van der Waals surface area contributed by atoms with E-state index in [1.807, 2.05) is 0 Å². The lowest BCUT2D eigenvalue weighted by molar-refractivity contribution is -0.00617. The van der Waals surface area contributed by atoms with E-state index in [0.717, 1.165) is 24.8 Å². The Balaban J connectivity index is 1.34. The zero-order chi connectivity index (χ0) is 21.8. The zero-order valence-electron chi connectivity index (χ0n) is 17.5. The van der Waals surface area contributed by atoms with Crippen LogP contribution in [0.15, 0.2) is 30.3 Å². The Morgan fingerprint density at radius 2 is 1.52 bits per heavy atom. The second-order valence-corrected chi connectivity index (χ2v) is 9.90. The highest BCUT2D eigenvalue weighted by molar-refractivity contribution is 5.97. The van der Waals surface area contributed by atoms with Gasteiger partial charge in [-0.1, -0.05) is 6.07 Å². The van der Waals surface area contributed by atoms with Gasteiger partial charge in [-0.05, 0) is 85.8 Å². The molecule has 6 heteroatoms. The van der Waals surface area contributed by atoms with Gasteiger partial charge < -0.3 is 25.7 Å². The smallest absolute Gasteiger partial charge is 0.255 e. The molecule has 0 heterocycles. The van der Waals surface area contributed by atoms with E-state index in [1.165, 1.54) is 37.5 Å². The van der Waals surface area contributed by atoms with Crippen LogP contribution in [-0.4, -0.2) is 32.9 Å². The summed E-state index contributed by atoms with van der Waals surface area (Å²) < 4.78 is 0. The van der Waals surface area contributed by atoms with Gasteiger partial charge in [0.05, 0.1) is 5.56 Å². The van der Waals surface area contributed by atoms with Crippen LogP contribution in [0.2, 0.25) is 0 Å². The summed E-state index contributed by atoms with van der Waals surface area (Å²) in [5, 5.41) is 43.1. The molecule has 1 amide bonds. The lowest BCUT2D eigenvalue weighted by atomic mass is 9.48. The molecule has 5 N–H and O–H groups in total. The van der Waals surface area contributed by atoms with Crippen LogP contribution in [0.4, 0.5) is 0 Å². The van der Waals surface area contributed by atoms with Crippen LogP contribution in [0, 0.1) is 17.8 Å². The summed E-state index contributed by atoms with van der Waals surface area (Å²) in [6.45, 7) is 0.268. The molecule has 0 unspecified atom stereocenters. The van der Waals surface area contributed by atoms with Gasteiger partial charge in [0.15, 0.2) is 0 Å². The molecule has 164 valence electrons. The first-order valence-electron chi connectivity index (χ1n) is 11.2. The molecular formula is C25H29NO5. The molecular weight excluding hydrogens is 394 g/mol. The maximum Gasteiger partial charge on any atom is 0.255 e. The van der Waals surface area contributed by atoms with Crippen molar-refractivity contribution in [3.05, 3.63) is 47.0 Å². The minimum Gasteiger partial charge on any atom is -0.508 e. The molecule has 0 aliphatic heterocycles. The summed E-state index contributed by atoms with van der Waals surface area (Å²) in [7, 11) is 0. The van der Waals surface area contributed by atoms with E-state index in [-0.39, 0.29) is 40.5 Å². The van der Waals surface area contributed by atoms with Gasteiger partial charge in [0.1, 0.15) is 23.0 Å². The highest BCUT2D eigenvalue weighted by atomic mass is 16.3. The summed E-state index contributed by atoms with van der Waals surface area (Å²) in [5.74, 6) is 1.53. The Morgan fingerprint density at radius 1 is 0.871 bits per heavy atom. The standard InChI is InChI=1S/C25H29NO5/c27-18-2-1-17(21(28)8-18)3-4-26-24(31)19-9-20(23(30)10-22(19)29)25-11-14-5-15(12-25)7-16(6-14)13-25/h1-2,8-10,14-16,27-30H,3-7,11-13H2,(H,26,31). The Hall–Kier alpha value is -2.89. The predicted octanol–water partition coefficient (Wildman–Crippen LogP) is 3.95. The summed E-state index contributed by atoms with van der Waals surface area (Å²) in [4.78, 5) is 12.8. The maximum absolute atomic E-state index is 12.8. The Kier molecular flexibility index (Phi) is 4.76. The molecule has 0 aromatic heterocycles. The van der Waals surface area contributed by atoms with E-state index in [1.54, 1.807) is 12.1 Å². The lowest BCUT2D eigenvalue weighted by Crippen LogP contribution is -2.48. The average Bonchev–Trinajstić information content (AvgIpc) is 2.68. The van der Waals surface area contributed by atoms with Gasteiger partial charge in [0.25, 0.3) is 5.91 Å². The number of phenolic OH excluding ortho intramolecular Hbond substituents is 4. The van der Waals surface area contributed by atoms with Gasteiger partial charge in [0.2, 0.25) is 0 Å². The van der Waals surface area contributed by atoms with Crippen molar-refractivity contribution in [2.45, 2.75) is 50.4 Å². The third-order valence-corrected chi connectivity index (χ3v) is 7.72. The van der Waals surface area contributed by atoms with Crippen LogP contribution in [0.3, 0.4) is 0 Å². The second kappa shape index (κ2) is 7.36. The summed E-state index contributed by atoms with van der Waals surface area (Å²) in [6.07, 6.45) is 7.41. The number of amides is 1. The first kappa shape index (κ1) is 20.0. The SMILES string of the molecule is O=C(NCCc1ccc(O)cc1O)c1cc(C23CC4CC(CC(C4)C2)C3)c(O)cc1O. The van der Waals surface area contributed by atoms with E-state index < -0.39 is 5.91 Å². The van der Waals surface area contributed by atoms with Crippen molar-refractivity contribution in [1.82, 2.24) is 5.32 Å². The Morgan fingerprint density at radius 3 is 2.13 bits per heavy atom. The minimum absolute atomic E-state index is 0.0171. The Labute approximate surface area is 181 Å². The van der Waals surface area contributed by atoms with Gasteiger partial charge in [-0.15, -0.1) is 0 Å². The highest BCUT2D eigenvalue weighted by Gasteiger charge is 2.52. The van der Waals surface area contributed by atoms with Crippen molar-refractivity contribution in [3.63, 3.8) is 0 Å². The molecule has 4 aliphatic carbocycles. The van der Waals surface area contributed by atoms with E-state index >= 15 is 0 Å². The summed E-state index contributed by atoms with van der Waals surface area (Å²) in [5.41, 5.74) is 1.52. The minimum atomic E-state index is -0.401. The fourth-order valence-corrected chi connectivity index (χ4v) is 6.79. The molecule has 0 spiro atoms. The molecule has 6 rings (SSSR count). The molecule has 4 saturated carbocycles. The molecule has 0 radical (unpaired) electrons. The molecule has 4 fully saturated rings. The van der Waals surface area contributed by atoms with Crippen LogP contribution in [0.5, 0.6) is 23.0 Å². The number of hydrogen-bond acceptors (Lipinski definition) is 5. The highest BCUT2D eigenvalue weighted by Crippen LogP contribution is 2.62. The van der Waals surface area contributed by atoms with Crippen molar-refractivity contribution in [2.75, 3.05) is 6.54 Å². The molecule has 0 atom stereocenters. The van der Waals surface area contributed by atoms with Crippen LogP contribution in [0.25, 0.3) is 0 Å². The lowest BCUT2D eigenvalue weighted by Gasteiger charge is -2.57. The van der Waals surface area contributed by atoms with E-state index in [9.17, 15) is 25.2 Å². The maximum atomic E-state index is 12.8. The average molecular weight is 424 g/mol. The number of aromatic hydroxyl groups is 4. The van der Waals surface area contributed by atoms with Gasteiger partial charge in [-0.25, -0.2) is 0 Å². The van der Waals surface area contributed by atoms with Crippen molar-refractivity contribution in [3.8, 4) is 23.0 Å². The first-order valence-corrected chi connectivity index (χ1v) is 11.2. The monoisotopic (exact) mass is 423 g/mol. The van der Waals surface area contributed by atoms with Crippen molar-refractivity contribution < 1.29 is 25.2 Å². The number of carbonyl (C=O) groups excluding carboxylic acids is 1. The van der Waals surface area contributed by atoms with Crippen LogP contribution >= 0.6 is 0 Å². The van der Waals surface area contributed by atoms with Gasteiger partial charge in [-0.3, -0.25) is 4.79 Å². The number of hydrogen-bond donors (Lipinski definition) is 5. The van der Waals surface area contributed by atoms with Crippen molar-refractivity contribution >= 4 is 5.91 Å². The Bertz CT molecular complexity index is 996. The molecule has 6 nitrogen and oxygen atoms in total. The number of nitrogens with one attached hydrogen (secondary N) is 1. The van der Waals surface area contributed by atoms with Crippen molar-refractivity contribution in [2.24, 2.45) is 17.8 Å². The topological polar surface area (TPSA) is 110 Å². The summed E-state index contributed by atoms with van der Waals surface area (Å²) in [6, 6.07) is 7.38. The molecule has 2 aromatic carbocycles. The van der Waals surface area contributed by atoms with Crippen LogP contribution in [-0.2, 0) is 11.8 Å². The van der Waals surface area contributed by atoms with Gasteiger partial charge >= 0.3 is 0 Å². The third kappa shape index (κ3) is 3.58. The second-order valence-electron chi connectivity index (χ2n) is 9.90. The van der Waals surface area contributed by atoms with Crippen molar-refractivity contribution in [1.29, 1.82) is 0 Å². The van der Waals surface area contributed by atoms with Gasteiger partial charge in [-0.2, -0.15) is 0 Å².